The van der Waals surface area contributed by atoms with Gasteiger partial charge in [0, 0.05) is 32.8 Å². The van der Waals surface area contributed by atoms with Crippen LogP contribution in [0.4, 0.5) is 4.79 Å². The molecule has 2 fully saturated rings. The Labute approximate surface area is 126 Å². The highest BCUT2D eigenvalue weighted by Gasteiger charge is 2.49. The van der Waals surface area contributed by atoms with E-state index in [4.69, 9.17) is 4.74 Å². The van der Waals surface area contributed by atoms with Crippen LogP contribution >= 0.6 is 0 Å². The van der Waals surface area contributed by atoms with Crippen molar-refractivity contribution in [2.75, 3.05) is 32.8 Å². The summed E-state index contributed by atoms with van der Waals surface area (Å²) in [7, 11) is 0. The number of ether oxygens (including phenoxy) is 1. The van der Waals surface area contributed by atoms with Gasteiger partial charge in [0.2, 0.25) is 0 Å². The summed E-state index contributed by atoms with van der Waals surface area (Å²) in [5.74, 6) is -0.778. The SMILES string of the molecule is CC1CN(C(=O)N2CCC(C(=O)O)(C(C)C)C2)CCCO1. The molecular formula is C15H26N2O4. The molecule has 2 heterocycles. The molecule has 0 aliphatic carbocycles. The van der Waals surface area contributed by atoms with Gasteiger partial charge in [-0.1, -0.05) is 13.8 Å². The monoisotopic (exact) mass is 298 g/mol. The van der Waals surface area contributed by atoms with Gasteiger partial charge in [-0.05, 0) is 25.7 Å². The van der Waals surface area contributed by atoms with Gasteiger partial charge < -0.3 is 19.6 Å². The molecule has 21 heavy (non-hydrogen) atoms. The van der Waals surface area contributed by atoms with Crippen molar-refractivity contribution >= 4 is 12.0 Å². The zero-order chi connectivity index (χ0) is 15.6. The summed E-state index contributed by atoms with van der Waals surface area (Å²) < 4.78 is 5.56. The number of carbonyl (C=O) groups excluding carboxylic acids is 1. The molecule has 6 nitrogen and oxygen atoms in total. The van der Waals surface area contributed by atoms with Crippen LogP contribution in [0, 0.1) is 11.3 Å². The van der Waals surface area contributed by atoms with Gasteiger partial charge in [-0.15, -0.1) is 0 Å². The molecule has 2 atom stereocenters. The van der Waals surface area contributed by atoms with Crippen molar-refractivity contribution in [1.82, 2.24) is 9.80 Å². The summed E-state index contributed by atoms with van der Waals surface area (Å²) >= 11 is 0. The minimum atomic E-state index is -0.802. The number of nitrogens with zero attached hydrogens (tertiary/aromatic N) is 2. The number of likely N-dealkylation sites (tertiary alicyclic amines) is 1. The normalized spacial score (nSPS) is 30.6. The third-order valence-electron chi connectivity index (χ3n) is 4.83. The number of carboxylic acid groups (broad SMARTS) is 1. The first-order valence-corrected chi connectivity index (χ1v) is 7.75. The van der Waals surface area contributed by atoms with Crippen molar-refractivity contribution in [2.45, 2.75) is 39.7 Å². The molecule has 0 aromatic rings. The molecule has 0 bridgehead atoms. The molecule has 2 aliphatic heterocycles. The standard InChI is InChI=1S/C15H26N2O4/c1-11(2)15(13(18)19)5-7-17(10-15)14(20)16-6-4-8-21-12(3)9-16/h11-12H,4-10H2,1-3H3,(H,18,19). The first-order valence-electron chi connectivity index (χ1n) is 7.75. The third-order valence-corrected chi connectivity index (χ3v) is 4.83. The summed E-state index contributed by atoms with van der Waals surface area (Å²) in [4.78, 5) is 27.8. The van der Waals surface area contributed by atoms with E-state index < -0.39 is 11.4 Å². The molecule has 6 heteroatoms. The van der Waals surface area contributed by atoms with E-state index in [0.29, 0.717) is 39.2 Å². The Balaban J connectivity index is 2.06. The zero-order valence-electron chi connectivity index (χ0n) is 13.2. The highest BCUT2D eigenvalue weighted by atomic mass is 16.5. The van der Waals surface area contributed by atoms with Gasteiger partial charge in [0.25, 0.3) is 0 Å². The number of hydrogen-bond acceptors (Lipinski definition) is 3. The predicted molar refractivity (Wildman–Crippen MR) is 78.1 cm³/mol. The van der Waals surface area contributed by atoms with Crippen molar-refractivity contribution in [2.24, 2.45) is 11.3 Å². The van der Waals surface area contributed by atoms with Crippen LogP contribution in [0.1, 0.15) is 33.6 Å². The van der Waals surface area contributed by atoms with E-state index in [1.165, 1.54) is 0 Å². The van der Waals surface area contributed by atoms with Crippen LogP contribution in [0.5, 0.6) is 0 Å². The zero-order valence-corrected chi connectivity index (χ0v) is 13.2. The minimum Gasteiger partial charge on any atom is -0.481 e. The highest BCUT2D eigenvalue weighted by Crippen LogP contribution is 2.38. The molecular weight excluding hydrogens is 272 g/mol. The predicted octanol–water partition coefficient (Wildman–Crippen LogP) is 1.65. The Bertz CT molecular complexity index is 412. The van der Waals surface area contributed by atoms with E-state index in [-0.39, 0.29) is 18.1 Å². The van der Waals surface area contributed by atoms with Crippen LogP contribution in [-0.4, -0.2) is 65.8 Å². The lowest BCUT2D eigenvalue weighted by Gasteiger charge is -2.31. The number of hydrogen-bond donors (Lipinski definition) is 1. The second kappa shape index (κ2) is 6.22. The number of rotatable bonds is 2. The molecule has 0 aromatic carbocycles. The van der Waals surface area contributed by atoms with Crippen molar-refractivity contribution in [1.29, 1.82) is 0 Å². The molecule has 2 amide bonds. The molecule has 2 aliphatic rings. The summed E-state index contributed by atoms with van der Waals surface area (Å²) in [6, 6.07) is -0.0453. The maximum absolute atomic E-state index is 12.6. The van der Waals surface area contributed by atoms with E-state index in [0.717, 1.165) is 6.42 Å². The van der Waals surface area contributed by atoms with Crippen LogP contribution in [-0.2, 0) is 9.53 Å². The van der Waals surface area contributed by atoms with Crippen LogP contribution in [0.25, 0.3) is 0 Å². The maximum atomic E-state index is 12.6. The van der Waals surface area contributed by atoms with E-state index in [9.17, 15) is 14.7 Å². The lowest BCUT2D eigenvalue weighted by molar-refractivity contribution is -0.150. The van der Waals surface area contributed by atoms with Crippen LogP contribution in [0.2, 0.25) is 0 Å². The molecule has 2 saturated heterocycles. The molecule has 2 unspecified atom stereocenters. The fraction of sp³-hybridized carbons (Fsp3) is 0.867. The maximum Gasteiger partial charge on any atom is 0.320 e. The number of carboxylic acids is 1. The second-order valence-electron chi connectivity index (χ2n) is 6.55. The van der Waals surface area contributed by atoms with E-state index in [1.54, 1.807) is 9.80 Å². The van der Waals surface area contributed by atoms with Crippen LogP contribution in [0.15, 0.2) is 0 Å². The van der Waals surface area contributed by atoms with Gasteiger partial charge in [-0.25, -0.2) is 4.79 Å². The second-order valence-corrected chi connectivity index (χ2v) is 6.55. The summed E-state index contributed by atoms with van der Waals surface area (Å²) in [5.41, 5.74) is -0.802. The Kier molecular flexibility index (Phi) is 4.76. The molecule has 2 rings (SSSR count). The number of carbonyl (C=O) groups is 2. The Morgan fingerprint density at radius 1 is 1.29 bits per heavy atom. The highest BCUT2D eigenvalue weighted by molar-refractivity contribution is 5.80. The largest absolute Gasteiger partial charge is 0.481 e. The summed E-state index contributed by atoms with van der Waals surface area (Å²) in [5, 5.41) is 9.56. The average Bonchev–Trinajstić information content (AvgIpc) is 2.77. The first-order chi connectivity index (χ1) is 9.86. The quantitative estimate of drug-likeness (QED) is 0.841. The van der Waals surface area contributed by atoms with Gasteiger partial charge in [-0.3, -0.25) is 4.79 Å². The van der Waals surface area contributed by atoms with Crippen molar-refractivity contribution in [3.05, 3.63) is 0 Å². The van der Waals surface area contributed by atoms with E-state index >= 15 is 0 Å². The summed E-state index contributed by atoms with van der Waals surface area (Å²) in [6.45, 7) is 8.58. The molecule has 1 N–H and O–H groups in total. The average molecular weight is 298 g/mol. The van der Waals surface area contributed by atoms with Gasteiger partial charge in [0.15, 0.2) is 0 Å². The minimum absolute atomic E-state index is 0.0131. The number of aliphatic carboxylic acids is 1. The molecule has 0 saturated carbocycles. The fourth-order valence-corrected chi connectivity index (χ4v) is 3.26. The Morgan fingerprint density at radius 3 is 2.57 bits per heavy atom. The van der Waals surface area contributed by atoms with Gasteiger partial charge in [-0.2, -0.15) is 0 Å². The van der Waals surface area contributed by atoms with Crippen LogP contribution in [0.3, 0.4) is 0 Å². The lowest BCUT2D eigenvalue weighted by atomic mass is 9.76. The molecule has 120 valence electrons. The molecule has 0 aromatic heterocycles. The van der Waals surface area contributed by atoms with Crippen molar-refractivity contribution in [3.8, 4) is 0 Å². The summed E-state index contributed by atoms with van der Waals surface area (Å²) in [6.07, 6.45) is 1.40. The van der Waals surface area contributed by atoms with E-state index in [2.05, 4.69) is 0 Å². The van der Waals surface area contributed by atoms with Crippen LogP contribution < -0.4 is 0 Å². The molecule has 0 radical (unpaired) electrons. The van der Waals surface area contributed by atoms with Gasteiger partial charge in [0.1, 0.15) is 0 Å². The van der Waals surface area contributed by atoms with Gasteiger partial charge in [0.05, 0.1) is 11.5 Å². The number of amides is 2. The topological polar surface area (TPSA) is 70.1 Å². The van der Waals surface area contributed by atoms with Crippen molar-refractivity contribution in [3.63, 3.8) is 0 Å². The lowest BCUT2D eigenvalue weighted by Crippen LogP contribution is -2.47. The first kappa shape index (κ1) is 16.1. The fourth-order valence-electron chi connectivity index (χ4n) is 3.26. The third kappa shape index (κ3) is 3.15. The molecule has 0 spiro atoms. The Hall–Kier alpha value is -1.30. The van der Waals surface area contributed by atoms with Crippen molar-refractivity contribution < 1.29 is 19.4 Å². The van der Waals surface area contributed by atoms with Gasteiger partial charge >= 0.3 is 12.0 Å². The number of urea groups is 1. The van der Waals surface area contributed by atoms with E-state index in [1.807, 2.05) is 20.8 Å². The smallest absolute Gasteiger partial charge is 0.320 e. The Morgan fingerprint density at radius 2 is 2.00 bits per heavy atom.